The first kappa shape index (κ1) is 21.0. The first-order chi connectivity index (χ1) is 15.0. The molecule has 0 unspecified atom stereocenters. The molecule has 2 N–H and O–H groups in total. The van der Waals surface area contributed by atoms with Crippen molar-refractivity contribution in [1.29, 1.82) is 0 Å². The van der Waals surface area contributed by atoms with Crippen LogP contribution in [0.1, 0.15) is 11.1 Å². The van der Waals surface area contributed by atoms with Crippen molar-refractivity contribution in [3.05, 3.63) is 104 Å². The lowest BCUT2D eigenvalue weighted by Gasteiger charge is -2.10. The quantitative estimate of drug-likeness (QED) is 0.423. The van der Waals surface area contributed by atoms with Crippen molar-refractivity contribution in [1.82, 2.24) is 14.9 Å². The molecule has 4 rings (SSSR count). The summed E-state index contributed by atoms with van der Waals surface area (Å²) in [4.78, 5) is 28.2. The molecule has 5 nitrogen and oxygen atoms in total. The van der Waals surface area contributed by atoms with E-state index >= 15 is 0 Å². The van der Waals surface area contributed by atoms with Gasteiger partial charge in [-0.3, -0.25) is 14.2 Å². The topological polar surface area (TPSA) is 66.9 Å². The van der Waals surface area contributed by atoms with Crippen LogP contribution >= 0.6 is 23.8 Å². The van der Waals surface area contributed by atoms with E-state index in [4.69, 9.17) is 23.8 Å². The molecule has 0 radical (unpaired) electrons. The van der Waals surface area contributed by atoms with Gasteiger partial charge in [-0.1, -0.05) is 54.1 Å². The number of para-hydroxylation sites is 1. The van der Waals surface area contributed by atoms with Gasteiger partial charge in [-0.15, -0.1) is 0 Å². The third-order valence-corrected chi connectivity index (χ3v) is 5.69. The minimum Gasteiger partial charge on any atom is -0.355 e. The molecule has 0 bridgehead atoms. The van der Waals surface area contributed by atoms with Gasteiger partial charge in [-0.25, -0.2) is 0 Å². The number of hydrogen-bond acceptors (Lipinski definition) is 3. The van der Waals surface area contributed by atoms with E-state index in [9.17, 15) is 9.59 Å². The zero-order chi connectivity index (χ0) is 21.8. The summed E-state index contributed by atoms with van der Waals surface area (Å²) < 4.78 is 1.79. The molecule has 156 valence electrons. The van der Waals surface area contributed by atoms with E-state index in [0.29, 0.717) is 39.3 Å². The predicted molar refractivity (Wildman–Crippen MR) is 127 cm³/mol. The van der Waals surface area contributed by atoms with Crippen LogP contribution in [-0.2, 0) is 17.6 Å². The van der Waals surface area contributed by atoms with Crippen LogP contribution in [0.15, 0.2) is 77.6 Å². The normalized spacial score (nSPS) is 10.9. The molecule has 1 amide bonds. The Morgan fingerprint density at radius 2 is 1.71 bits per heavy atom. The molecule has 0 aliphatic heterocycles. The molecule has 0 aliphatic carbocycles. The Kier molecular flexibility index (Phi) is 6.30. The van der Waals surface area contributed by atoms with Crippen molar-refractivity contribution in [2.75, 3.05) is 6.54 Å². The number of amides is 1. The van der Waals surface area contributed by atoms with Crippen molar-refractivity contribution in [3.63, 3.8) is 0 Å². The van der Waals surface area contributed by atoms with Gasteiger partial charge >= 0.3 is 0 Å². The van der Waals surface area contributed by atoms with Crippen LogP contribution in [-0.4, -0.2) is 22.0 Å². The van der Waals surface area contributed by atoms with Crippen molar-refractivity contribution >= 4 is 40.6 Å². The maximum absolute atomic E-state index is 12.9. The monoisotopic (exact) mass is 449 g/mol. The highest BCUT2D eigenvalue weighted by molar-refractivity contribution is 7.71. The summed E-state index contributed by atoms with van der Waals surface area (Å²) in [5, 5.41) is 4.19. The van der Waals surface area contributed by atoms with E-state index in [1.165, 1.54) is 4.57 Å². The second-order valence-corrected chi connectivity index (χ2v) is 7.94. The third-order valence-electron chi connectivity index (χ3n) is 5.04. The first-order valence-corrected chi connectivity index (χ1v) is 10.6. The van der Waals surface area contributed by atoms with Crippen molar-refractivity contribution in [2.45, 2.75) is 12.8 Å². The second kappa shape index (κ2) is 9.29. The van der Waals surface area contributed by atoms with Gasteiger partial charge < -0.3 is 10.3 Å². The Morgan fingerprint density at radius 3 is 2.48 bits per heavy atom. The van der Waals surface area contributed by atoms with Gasteiger partial charge in [0.15, 0.2) is 4.77 Å². The minimum atomic E-state index is -0.176. The summed E-state index contributed by atoms with van der Waals surface area (Å²) in [7, 11) is 0. The number of benzene rings is 3. The number of nitrogens with one attached hydrogen (secondary N) is 2. The number of fused-ring (bicyclic) bond motifs is 1. The van der Waals surface area contributed by atoms with Gasteiger partial charge in [-0.05, 0) is 60.1 Å². The molecule has 3 aromatic carbocycles. The predicted octanol–water partition coefficient (Wildman–Crippen LogP) is 4.60. The summed E-state index contributed by atoms with van der Waals surface area (Å²) in [5.74, 6) is -0.0695. The number of aromatic amines is 1. The Morgan fingerprint density at radius 1 is 1.00 bits per heavy atom. The highest BCUT2D eigenvalue weighted by Gasteiger charge is 2.09. The highest BCUT2D eigenvalue weighted by atomic mass is 35.5. The number of carbonyl (C=O) groups is 1. The van der Waals surface area contributed by atoms with E-state index < -0.39 is 0 Å². The smallest absolute Gasteiger partial charge is 0.266 e. The molecule has 31 heavy (non-hydrogen) atoms. The zero-order valence-electron chi connectivity index (χ0n) is 16.6. The molecule has 0 atom stereocenters. The van der Waals surface area contributed by atoms with Crippen molar-refractivity contribution in [2.24, 2.45) is 0 Å². The molecule has 0 spiro atoms. The van der Waals surface area contributed by atoms with Crippen molar-refractivity contribution in [3.8, 4) is 5.69 Å². The number of hydrogen-bond donors (Lipinski definition) is 2. The van der Waals surface area contributed by atoms with E-state index in [1.807, 2.05) is 54.6 Å². The number of rotatable bonds is 6. The Labute approximate surface area is 189 Å². The molecule has 1 aromatic heterocycles. The van der Waals surface area contributed by atoms with Gasteiger partial charge in [-0.2, -0.15) is 0 Å². The molecule has 7 heteroatoms. The standard InChI is InChI=1S/C24H20ClN3O2S/c25-20-7-3-1-5-17(20)13-14-26-22(29)15-16-9-11-18(12-10-16)28-23(30)19-6-2-4-8-21(19)27-24(28)31/h1-12H,13-15H2,(H,26,29)(H,27,31). The number of nitrogens with zero attached hydrogens (tertiary/aromatic N) is 1. The molecular formula is C24H20ClN3O2S. The molecule has 0 fully saturated rings. The van der Waals surface area contributed by atoms with Crippen LogP contribution in [0.3, 0.4) is 0 Å². The molecule has 4 aromatic rings. The van der Waals surface area contributed by atoms with Gasteiger partial charge in [0.2, 0.25) is 5.91 Å². The second-order valence-electron chi connectivity index (χ2n) is 7.15. The maximum Gasteiger partial charge on any atom is 0.266 e. The number of H-pyrrole nitrogens is 1. The third kappa shape index (κ3) is 4.76. The summed E-state index contributed by atoms with van der Waals surface area (Å²) in [6.07, 6.45) is 0.926. The summed E-state index contributed by atoms with van der Waals surface area (Å²) in [5.41, 5.74) is 3.04. The van der Waals surface area contributed by atoms with Gasteiger partial charge in [0.05, 0.1) is 23.0 Å². The molecule has 1 heterocycles. The van der Waals surface area contributed by atoms with Crippen LogP contribution in [0.5, 0.6) is 0 Å². The fraction of sp³-hybridized carbons (Fsp3) is 0.125. The van der Waals surface area contributed by atoms with Gasteiger partial charge in [0, 0.05) is 11.6 Å². The number of aromatic nitrogens is 2. The maximum atomic E-state index is 12.9. The lowest BCUT2D eigenvalue weighted by atomic mass is 10.1. The molecule has 0 saturated heterocycles. The average molecular weight is 450 g/mol. The van der Waals surface area contributed by atoms with Crippen LogP contribution in [0.4, 0.5) is 0 Å². The Hall–Kier alpha value is -3.22. The molecule has 0 saturated carbocycles. The fourth-order valence-corrected chi connectivity index (χ4v) is 3.97. The lowest BCUT2D eigenvalue weighted by molar-refractivity contribution is -0.120. The average Bonchev–Trinajstić information content (AvgIpc) is 2.76. The van der Waals surface area contributed by atoms with Crippen LogP contribution in [0.2, 0.25) is 5.02 Å². The molecule has 0 aliphatic rings. The largest absolute Gasteiger partial charge is 0.355 e. The van der Waals surface area contributed by atoms with Gasteiger partial charge in [0.1, 0.15) is 0 Å². The fourth-order valence-electron chi connectivity index (χ4n) is 3.45. The Balaban J connectivity index is 1.43. The Bertz CT molecular complexity index is 1360. The summed E-state index contributed by atoms with van der Waals surface area (Å²) in [6.45, 7) is 0.516. The van der Waals surface area contributed by atoms with Gasteiger partial charge in [0.25, 0.3) is 5.56 Å². The van der Waals surface area contributed by atoms with E-state index in [0.717, 1.165) is 11.1 Å². The van der Waals surface area contributed by atoms with E-state index in [-0.39, 0.29) is 17.9 Å². The summed E-state index contributed by atoms with van der Waals surface area (Å²) in [6, 6.07) is 22.1. The minimum absolute atomic E-state index is 0.0695. The highest BCUT2D eigenvalue weighted by Crippen LogP contribution is 2.15. The van der Waals surface area contributed by atoms with Crippen LogP contribution in [0.25, 0.3) is 16.6 Å². The first-order valence-electron chi connectivity index (χ1n) is 9.86. The van der Waals surface area contributed by atoms with E-state index in [2.05, 4.69) is 10.3 Å². The van der Waals surface area contributed by atoms with Crippen LogP contribution < -0.4 is 10.9 Å². The number of halogens is 1. The zero-order valence-corrected chi connectivity index (χ0v) is 18.2. The summed E-state index contributed by atoms with van der Waals surface area (Å²) >= 11 is 11.5. The molecular weight excluding hydrogens is 430 g/mol. The van der Waals surface area contributed by atoms with Crippen molar-refractivity contribution < 1.29 is 4.79 Å². The SMILES string of the molecule is O=C(Cc1ccc(-n2c(=S)[nH]c3ccccc3c2=O)cc1)NCCc1ccccc1Cl. The number of carbonyl (C=O) groups excluding carboxylic acids is 1. The van der Waals surface area contributed by atoms with E-state index in [1.54, 1.807) is 18.2 Å². The lowest BCUT2D eigenvalue weighted by Crippen LogP contribution is -2.27. The van der Waals surface area contributed by atoms with Crippen LogP contribution in [0, 0.1) is 4.77 Å².